The smallest absolute Gasteiger partial charge is 0.185 e. The van der Waals surface area contributed by atoms with Gasteiger partial charge in [-0.25, -0.2) is 0 Å². The number of allylic oxidation sites excluding steroid dienone is 1. The maximum Gasteiger partial charge on any atom is 0.185 e. The Labute approximate surface area is 136 Å². The lowest BCUT2D eigenvalue weighted by atomic mass is 10.1. The Morgan fingerprint density at radius 2 is 1.78 bits per heavy atom. The number of nitrogens with zero attached hydrogens (tertiary/aromatic N) is 1. The maximum absolute atomic E-state index is 12.2. The van der Waals surface area contributed by atoms with Gasteiger partial charge in [0.1, 0.15) is 0 Å². The fourth-order valence-electron chi connectivity index (χ4n) is 2.08. The summed E-state index contributed by atoms with van der Waals surface area (Å²) in [7, 11) is 0. The minimum Gasteiger partial charge on any atom is -0.349 e. The third kappa shape index (κ3) is 5.13. The summed E-state index contributed by atoms with van der Waals surface area (Å²) < 4.78 is 11.1. The molecule has 4 nitrogen and oxygen atoms in total. The van der Waals surface area contributed by atoms with Gasteiger partial charge in [-0.05, 0) is 38.1 Å². The van der Waals surface area contributed by atoms with Crippen molar-refractivity contribution in [3.05, 3.63) is 71.6 Å². The lowest BCUT2D eigenvalue weighted by Crippen LogP contribution is -2.09. The largest absolute Gasteiger partial charge is 0.349 e. The molecule has 1 heterocycles. The molecule has 2 rings (SSSR count). The molecule has 0 spiro atoms. The Hall–Kier alpha value is -2.30. The molecule has 0 bridgehead atoms. The van der Waals surface area contributed by atoms with Crippen molar-refractivity contribution in [3.8, 4) is 0 Å². The molecule has 0 N–H and O–H groups in total. The van der Waals surface area contributed by atoms with Crippen LogP contribution in [0.15, 0.2) is 54.7 Å². The molecular weight excluding hydrogens is 290 g/mol. The van der Waals surface area contributed by atoms with Crippen LogP contribution in [0.1, 0.15) is 41.8 Å². The lowest BCUT2D eigenvalue weighted by molar-refractivity contribution is -0.140. The Balaban J connectivity index is 2.06. The molecule has 0 amide bonds. The van der Waals surface area contributed by atoms with Crippen LogP contribution < -0.4 is 0 Å². The monoisotopic (exact) mass is 311 g/mol. The Morgan fingerprint density at radius 1 is 1.09 bits per heavy atom. The quantitative estimate of drug-likeness (QED) is 0.419. The van der Waals surface area contributed by atoms with Crippen molar-refractivity contribution >= 4 is 11.9 Å². The molecule has 23 heavy (non-hydrogen) atoms. The minimum atomic E-state index is -0.391. The van der Waals surface area contributed by atoms with Crippen molar-refractivity contribution < 1.29 is 14.3 Å². The number of rotatable bonds is 8. The molecule has 0 saturated heterocycles. The summed E-state index contributed by atoms with van der Waals surface area (Å²) in [4.78, 5) is 16.3. The number of ether oxygens (including phenoxy) is 2. The van der Waals surface area contributed by atoms with Gasteiger partial charge in [0.25, 0.3) is 0 Å². The van der Waals surface area contributed by atoms with E-state index in [1.807, 2.05) is 44.2 Å². The van der Waals surface area contributed by atoms with Crippen LogP contribution in [0, 0.1) is 0 Å². The number of hydrogen-bond acceptors (Lipinski definition) is 4. The summed E-state index contributed by atoms with van der Waals surface area (Å²) in [6.45, 7) is 4.98. The minimum absolute atomic E-state index is 0.0634. The van der Waals surface area contributed by atoms with Gasteiger partial charge >= 0.3 is 0 Å². The molecule has 0 fully saturated rings. The number of aromatic nitrogens is 1. The van der Waals surface area contributed by atoms with Crippen LogP contribution in [0.4, 0.5) is 0 Å². The van der Waals surface area contributed by atoms with Gasteiger partial charge in [0, 0.05) is 30.5 Å². The van der Waals surface area contributed by atoms with Gasteiger partial charge in [0.2, 0.25) is 0 Å². The van der Waals surface area contributed by atoms with Crippen molar-refractivity contribution in [3.63, 3.8) is 0 Å². The van der Waals surface area contributed by atoms with Gasteiger partial charge < -0.3 is 9.47 Å². The van der Waals surface area contributed by atoms with Crippen LogP contribution in [-0.4, -0.2) is 24.0 Å². The fraction of sp³-hybridized carbons (Fsp3) is 0.263. The average molecular weight is 311 g/mol. The number of hydrogen-bond donors (Lipinski definition) is 0. The van der Waals surface area contributed by atoms with Gasteiger partial charge in [-0.15, -0.1) is 0 Å². The van der Waals surface area contributed by atoms with Crippen LogP contribution in [0.25, 0.3) is 6.08 Å². The van der Waals surface area contributed by atoms with Crippen molar-refractivity contribution in [2.24, 2.45) is 0 Å². The number of carbonyl (C=O) groups excluding carboxylic acids is 1. The second-order valence-electron chi connectivity index (χ2n) is 4.82. The Kier molecular flexibility index (Phi) is 6.66. The van der Waals surface area contributed by atoms with E-state index in [0.29, 0.717) is 18.8 Å². The molecule has 0 aliphatic rings. The zero-order chi connectivity index (χ0) is 16.5. The molecule has 2 aromatic rings. The van der Waals surface area contributed by atoms with E-state index < -0.39 is 6.29 Å². The highest BCUT2D eigenvalue weighted by molar-refractivity contribution is 6.06. The molecule has 0 unspecified atom stereocenters. The molecule has 0 aliphatic carbocycles. The van der Waals surface area contributed by atoms with Crippen LogP contribution in [-0.2, 0) is 9.47 Å². The van der Waals surface area contributed by atoms with E-state index in [4.69, 9.17) is 9.47 Å². The summed E-state index contributed by atoms with van der Waals surface area (Å²) in [5, 5.41) is 0. The summed E-state index contributed by atoms with van der Waals surface area (Å²) in [6.07, 6.45) is 4.54. The summed E-state index contributed by atoms with van der Waals surface area (Å²) in [5.41, 5.74) is 2.27. The highest BCUT2D eigenvalue weighted by atomic mass is 16.7. The van der Waals surface area contributed by atoms with Crippen LogP contribution in [0.2, 0.25) is 0 Å². The van der Waals surface area contributed by atoms with E-state index in [-0.39, 0.29) is 5.78 Å². The van der Waals surface area contributed by atoms with Crippen molar-refractivity contribution in [2.75, 3.05) is 13.2 Å². The molecule has 120 valence electrons. The van der Waals surface area contributed by atoms with Gasteiger partial charge in [0.05, 0.1) is 5.69 Å². The predicted octanol–water partition coefficient (Wildman–Crippen LogP) is 4.05. The summed E-state index contributed by atoms with van der Waals surface area (Å²) in [6, 6.07) is 12.9. The molecular formula is C19H21NO3. The number of pyridine rings is 1. The normalized spacial score (nSPS) is 11.3. The second-order valence-corrected chi connectivity index (χ2v) is 4.82. The summed E-state index contributed by atoms with van der Waals surface area (Å²) >= 11 is 0. The van der Waals surface area contributed by atoms with Crippen LogP contribution in [0.3, 0.4) is 0 Å². The van der Waals surface area contributed by atoms with E-state index in [1.54, 1.807) is 24.4 Å². The fourth-order valence-corrected chi connectivity index (χ4v) is 2.08. The molecule has 1 aromatic carbocycles. The Bertz CT molecular complexity index is 629. The second kappa shape index (κ2) is 8.98. The van der Waals surface area contributed by atoms with Gasteiger partial charge in [-0.3, -0.25) is 9.78 Å². The van der Waals surface area contributed by atoms with E-state index in [2.05, 4.69) is 4.98 Å². The maximum atomic E-state index is 12.2. The first-order valence-corrected chi connectivity index (χ1v) is 7.71. The number of benzene rings is 1. The van der Waals surface area contributed by atoms with Gasteiger partial charge in [-0.2, -0.15) is 0 Å². The zero-order valence-corrected chi connectivity index (χ0v) is 13.4. The summed E-state index contributed by atoms with van der Waals surface area (Å²) in [5.74, 6) is -0.0634. The molecule has 0 aliphatic heterocycles. The standard InChI is InChI=1S/C19H21NO3/c1-3-22-19(23-4-2)16-10-8-15(9-11-16)18(21)13-12-17-7-5-6-14-20-17/h5-14,19H,3-4H2,1-2H3/b13-12+. The first-order chi connectivity index (χ1) is 11.2. The first-order valence-electron chi connectivity index (χ1n) is 7.71. The van der Waals surface area contributed by atoms with Gasteiger partial charge in [-0.1, -0.05) is 30.3 Å². The van der Waals surface area contributed by atoms with Crippen molar-refractivity contribution in [2.45, 2.75) is 20.1 Å². The third-order valence-corrected chi connectivity index (χ3v) is 3.20. The molecule has 0 atom stereocenters. The number of ketones is 1. The Morgan fingerprint density at radius 3 is 2.35 bits per heavy atom. The van der Waals surface area contributed by atoms with E-state index in [0.717, 1.165) is 11.3 Å². The molecule has 0 radical (unpaired) electrons. The van der Waals surface area contributed by atoms with Gasteiger partial charge in [0.15, 0.2) is 12.1 Å². The average Bonchev–Trinajstić information content (AvgIpc) is 2.60. The lowest BCUT2D eigenvalue weighted by Gasteiger charge is -2.17. The number of carbonyl (C=O) groups is 1. The highest BCUT2D eigenvalue weighted by Crippen LogP contribution is 2.19. The van der Waals surface area contributed by atoms with E-state index >= 15 is 0 Å². The van der Waals surface area contributed by atoms with Crippen LogP contribution in [0.5, 0.6) is 0 Å². The highest BCUT2D eigenvalue weighted by Gasteiger charge is 2.11. The first kappa shape index (κ1) is 17.1. The molecule has 0 saturated carbocycles. The SMILES string of the molecule is CCOC(OCC)c1ccc(C(=O)/C=C/c2ccccn2)cc1. The molecule has 4 heteroatoms. The predicted molar refractivity (Wildman–Crippen MR) is 90.0 cm³/mol. The van der Waals surface area contributed by atoms with Crippen LogP contribution >= 0.6 is 0 Å². The zero-order valence-electron chi connectivity index (χ0n) is 13.4. The molecule has 1 aromatic heterocycles. The van der Waals surface area contributed by atoms with E-state index in [9.17, 15) is 4.79 Å². The van der Waals surface area contributed by atoms with E-state index in [1.165, 1.54) is 6.08 Å². The third-order valence-electron chi connectivity index (χ3n) is 3.20. The topological polar surface area (TPSA) is 48.4 Å². The van der Waals surface area contributed by atoms with Crippen molar-refractivity contribution in [1.82, 2.24) is 4.98 Å². The van der Waals surface area contributed by atoms with Crippen molar-refractivity contribution in [1.29, 1.82) is 0 Å².